The molecule has 1 aliphatic rings. The molecule has 186 valence electrons. The quantitative estimate of drug-likeness (QED) is 0.491. The summed E-state index contributed by atoms with van der Waals surface area (Å²) in [5, 5.41) is 10.8. The fraction of sp³-hybridized carbons (Fsp3) is 0.333. The summed E-state index contributed by atoms with van der Waals surface area (Å²) in [5.41, 5.74) is 1.41. The van der Waals surface area contributed by atoms with Crippen molar-refractivity contribution in [3.63, 3.8) is 0 Å². The Balaban J connectivity index is 2.08. The minimum absolute atomic E-state index is 0.0151. The number of benzene rings is 2. The van der Waals surface area contributed by atoms with E-state index in [1.165, 1.54) is 32.3 Å². The van der Waals surface area contributed by atoms with Crippen molar-refractivity contribution in [3.8, 4) is 17.2 Å². The highest BCUT2D eigenvalue weighted by Gasteiger charge is 2.43. The van der Waals surface area contributed by atoms with Gasteiger partial charge in [0.2, 0.25) is 5.75 Å². The third kappa shape index (κ3) is 5.66. The highest BCUT2D eigenvalue weighted by molar-refractivity contribution is 6.14. The maximum absolute atomic E-state index is 13.3. The third-order valence-corrected chi connectivity index (χ3v) is 5.80. The Bertz CT molecular complexity index is 1100. The molecule has 0 aliphatic carbocycles. The molecule has 8 heteroatoms. The van der Waals surface area contributed by atoms with Crippen molar-refractivity contribution in [1.29, 1.82) is 0 Å². The van der Waals surface area contributed by atoms with Crippen LogP contribution < -0.4 is 14.2 Å². The average molecular weight is 481 g/mol. The van der Waals surface area contributed by atoms with Crippen molar-refractivity contribution < 1.29 is 28.9 Å². The van der Waals surface area contributed by atoms with Crippen LogP contribution in [0.4, 0.5) is 0 Å². The van der Waals surface area contributed by atoms with Crippen LogP contribution in [0.15, 0.2) is 59.9 Å². The van der Waals surface area contributed by atoms with Crippen molar-refractivity contribution in [2.45, 2.75) is 12.5 Å². The molecular formula is C27H32N2O6. The molecule has 3 rings (SSSR count). The number of hydrogen-bond donors (Lipinski definition) is 1. The summed E-state index contributed by atoms with van der Waals surface area (Å²) < 4.78 is 16.4. The Labute approximate surface area is 206 Å². The molecule has 1 amide bonds. The number of ketones is 1. The Morgan fingerprint density at radius 3 is 2.23 bits per heavy atom. The normalized spacial score (nSPS) is 15.9. The monoisotopic (exact) mass is 480 g/mol. The lowest BCUT2D eigenvalue weighted by molar-refractivity contribution is -0.129. The number of ether oxygens (including phenoxy) is 3. The first kappa shape index (κ1) is 25.8. The van der Waals surface area contributed by atoms with Gasteiger partial charge in [-0.1, -0.05) is 36.4 Å². The van der Waals surface area contributed by atoms with Crippen molar-refractivity contribution in [2.75, 3.05) is 48.5 Å². The summed E-state index contributed by atoms with van der Waals surface area (Å²) in [7, 11) is 8.39. The van der Waals surface area contributed by atoms with Gasteiger partial charge in [-0.3, -0.25) is 9.59 Å². The van der Waals surface area contributed by atoms with Crippen LogP contribution in [0.5, 0.6) is 17.2 Å². The van der Waals surface area contributed by atoms with Crippen LogP contribution in [0.2, 0.25) is 0 Å². The minimum Gasteiger partial charge on any atom is -0.503 e. The van der Waals surface area contributed by atoms with Gasteiger partial charge in [0.25, 0.3) is 5.91 Å². The van der Waals surface area contributed by atoms with Crippen LogP contribution in [-0.4, -0.2) is 75.1 Å². The number of carbonyl (C=O) groups is 2. The Kier molecular flexibility index (Phi) is 8.54. The molecule has 0 spiro atoms. The van der Waals surface area contributed by atoms with Gasteiger partial charge in [0.1, 0.15) is 0 Å². The molecule has 0 fully saturated rings. The fourth-order valence-corrected chi connectivity index (χ4v) is 4.12. The second-order valence-corrected chi connectivity index (χ2v) is 8.39. The van der Waals surface area contributed by atoms with E-state index in [4.69, 9.17) is 14.2 Å². The maximum atomic E-state index is 13.3. The second kappa shape index (κ2) is 11.6. The zero-order valence-corrected chi connectivity index (χ0v) is 20.8. The standard InChI is InChI=1S/C27H32N2O6/c1-28(2)14-9-15-29-24(19-16-21(33-3)26(35-5)22(17-19)34-4)23(25(31)27(29)32)20(30)13-12-18-10-7-6-8-11-18/h6-8,10-13,16-17,24,31H,9,14-15H2,1-5H3/b13-12+. The SMILES string of the molecule is COc1cc(C2C(C(=O)/C=C/c3ccccc3)=C(O)C(=O)N2CCCN(C)C)cc(OC)c1OC. The molecule has 0 saturated heterocycles. The van der Waals surface area contributed by atoms with Crippen molar-refractivity contribution >= 4 is 17.8 Å². The zero-order chi connectivity index (χ0) is 25.5. The summed E-state index contributed by atoms with van der Waals surface area (Å²) in [5.74, 6) is -0.405. The van der Waals surface area contributed by atoms with E-state index in [0.717, 1.165) is 12.1 Å². The first-order valence-corrected chi connectivity index (χ1v) is 11.3. The van der Waals surface area contributed by atoms with Gasteiger partial charge in [-0.25, -0.2) is 0 Å². The minimum atomic E-state index is -0.814. The van der Waals surface area contributed by atoms with E-state index >= 15 is 0 Å². The molecule has 8 nitrogen and oxygen atoms in total. The molecular weight excluding hydrogens is 448 g/mol. The highest BCUT2D eigenvalue weighted by Crippen LogP contribution is 2.45. The van der Waals surface area contributed by atoms with E-state index in [-0.39, 0.29) is 5.57 Å². The lowest BCUT2D eigenvalue weighted by Gasteiger charge is -2.28. The van der Waals surface area contributed by atoms with E-state index in [1.807, 2.05) is 49.3 Å². The summed E-state index contributed by atoms with van der Waals surface area (Å²) >= 11 is 0. The number of aliphatic hydroxyl groups excluding tert-OH is 1. The van der Waals surface area contributed by atoms with Gasteiger partial charge in [-0.2, -0.15) is 0 Å². The summed E-state index contributed by atoms with van der Waals surface area (Å²) in [4.78, 5) is 30.0. The lowest BCUT2D eigenvalue weighted by Crippen LogP contribution is -2.33. The second-order valence-electron chi connectivity index (χ2n) is 8.39. The van der Waals surface area contributed by atoms with E-state index in [2.05, 4.69) is 0 Å². The maximum Gasteiger partial charge on any atom is 0.290 e. The van der Waals surface area contributed by atoms with Crippen molar-refractivity contribution in [1.82, 2.24) is 9.80 Å². The van der Waals surface area contributed by atoms with Gasteiger partial charge in [0.05, 0.1) is 32.9 Å². The lowest BCUT2D eigenvalue weighted by atomic mass is 9.94. The van der Waals surface area contributed by atoms with E-state index < -0.39 is 23.5 Å². The number of hydrogen-bond acceptors (Lipinski definition) is 7. The Hall–Kier alpha value is -3.78. The van der Waals surface area contributed by atoms with Gasteiger partial charge >= 0.3 is 0 Å². The number of methoxy groups -OCH3 is 3. The van der Waals surface area contributed by atoms with E-state index in [0.29, 0.717) is 35.8 Å². The van der Waals surface area contributed by atoms with Crippen molar-refractivity contribution in [3.05, 3.63) is 71.0 Å². The van der Waals surface area contributed by atoms with E-state index in [9.17, 15) is 14.7 Å². The molecule has 0 aromatic heterocycles. The number of carbonyl (C=O) groups excluding carboxylic acids is 2. The molecule has 2 aromatic carbocycles. The van der Waals surface area contributed by atoms with Gasteiger partial charge in [0.15, 0.2) is 23.0 Å². The van der Waals surface area contributed by atoms with Crippen LogP contribution in [0, 0.1) is 0 Å². The highest BCUT2D eigenvalue weighted by atomic mass is 16.5. The fourth-order valence-electron chi connectivity index (χ4n) is 4.12. The smallest absolute Gasteiger partial charge is 0.290 e. The molecule has 0 radical (unpaired) electrons. The number of allylic oxidation sites excluding steroid dienone is 1. The molecule has 0 bridgehead atoms. The summed E-state index contributed by atoms with van der Waals surface area (Å²) in [6.07, 6.45) is 3.70. The number of aliphatic hydroxyl groups is 1. The van der Waals surface area contributed by atoms with Crippen molar-refractivity contribution in [2.24, 2.45) is 0 Å². The van der Waals surface area contributed by atoms with Crippen LogP contribution in [0.1, 0.15) is 23.6 Å². The first-order chi connectivity index (χ1) is 16.8. The first-order valence-electron chi connectivity index (χ1n) is 11.3. The zero-order valence-electron chi connectivity index (χ0n) is 20.8. The van der Waals surface area contributed by atoms with Crippen LogP contribution in [-0.2, 0) is 9.59 Å². The van der Waals surface area contributed by atoms with Gasteiger partial charge in [0, 0.05) is 6.54 Å². The van der Waals surface area contributed by atoms with E-state index in [1.54, 1.807) is 18.2 Å². The topological polar surface area (TPSA) is 88.5 Å². The predicted octanol–water partition coefficient (Wildman–Crippen LogP) is 3.64. The van der Waals surface area contributed by atoms with Gasteiger partial charge < -0.3 is 29.1 Å². The summed E-state index contributed by atoms with van der Waals surface area (Å²) in [6.45, 7) is 1.09. The molecule has 35 heavy (non-hydrogen) atoms. The van der Waals surface area contributed by atoms with Crippen LogP contribution >= 0.6 is 0 Å². The molecule has 1 unspecified atom stereocenters. The van der Waals surface area contributed by atoms with Crippen LogP contribution in [0.3, 0.4) is 0 Å². The van der Waals surface area contributed by atoms with Crippen LogP contribution in [0.25, 0.3) is 6.08 Å². The van der Waals surface area contributed by atoms with Gasteiger partial charge in [-0.15, -0.1) is 0 Å². The molecule has 1 N–H and O–H groups in total. The number of rotatable bonds is 11. The Morgan fingerprint density at radius 2 is 1.69 bits per heavy atom. The molecule has 1 aliphatic heterocycles. The Morgan fingerprint density at radius 1 is 1.06 bits per heavy atom. The average Bonchev–Trinajstić information content (AvgIpc) is 3.11. The molecule has 0 saturated carbocycles. The predicted molar refractivity (Wildman–Crippen MR) is 134 cm³/mol. The molecule has 2 aromatic rings. The third-order valence-electron chi connectivity index (χ3n) is 5.80. The largest absolute Gasteiger partial charge is 0.503 e. The number of amides is 1. The molecule has 1 atom stereocenters. The summed E-state index contributed by atoms with van der Waals surface area (Å²) in [6, 6.07) is 11.9. The van der Waals surface area contributed by atoms with Gasteiger partial charge in [-0.05, 0) is 56.4 Å². The molecule has 1 heterocycles. The number of nitrogens with zero attached hydrogens (tertiary/aromatic N) is 2.